The van der Waals surface area contributed by atoms with Crippen LogP contribution in [-0.2, 0) is 9.59 Å². The highest BCUT2D eigenvalue weighted by atomic mass is 19.2. The van der Waals surface area contributed by atoms with Crippen LogP contribution in [0.4, 0.5) is 20.2 Å². The van der Waals surface area contributed by atoms with Crippen molar-refractivity contribution in [3.8, 4) is 0 Å². The van der Waals surface area contributed by atoms with Crippen molar-refractivity contribution in [2.45, 2.75) is 13.0 Å². The zero-order valence-electron chi connectivity index (χ0n) is 12.1. The number of benzene rings is 2. The minimum Gasteiger partial charge on any atom is -0.378 e. The Bertz CT molecular complexity index is 736. The van der Waals surface area contributed by atoms with Gasteiger partial charge >= 0.3 is 0 Å². The summed E-state index contributed by atoms with van der Waals surface area (Å²) in [5.41, 5.74) is 0.0813. The van der Waals surface area contributed by atoms with Gasteiger partial charge in [0, 0.05) is 19.1 Å². The minimum atomic E-state index is -1.49. The van der Waals surface area contributed by atoms with Gasteiger partial charge in [-0.25, -0.2) is 8.78 Å². The topological polar surface area (TPSA) is 78.4 Å². The Labute approximate surface area is 130 Å². The molecule has 3 N–H and O–H groups in total. The second-order valence-electron chi connectivity index (χ2n) is 4.80. The van der Waals surface area contributed by atoms with E-state index in [9.17, 15) is 23.5 Å². The second kappa shape index (κ2) is 6.97. The van der Waals surface area contributed by atoms with Crippen LogP contribution in [0.2, 0.25) is 0 Å². The molecule has 0 heterocycles. The maximum absolute atomic E-state index is 13.4. The molecule has 0 aliphatic rings. The van der Waals surface area contributed by atoms with E-state index in [1.54, 1.807) is 30.3 Å². The number of carbonyl (C=O) groups excluding carboxylic acids is 2. The summed E-state index contributed by atoms with van der Waals surface area (Å²) in [5, 5.41) is 14.5. The summed E-state index contributed by atoms with van der Waals surface area (Å²) in [4.78, 5) is 23.2. The van der Waals surface area contributed by atoms with Crippen molar-refractivity contribution in [2.24, 2.45) is 0 Å². The van der Waals surface area contributed by atoms with Gasteiger partial charge in [-0.05, 0) is 5.56 Å². The first kappa shape index (κ1) is 16.6. The van der Waals surface area contributed by atoms with Crippen molar-refractivity contribution in [1.82, 2.24) is 0 Å². The molecule has 0 fully saturated rings. The van der Waals surface area contributed by atoms with Crippen LogP contribution in [0, 0.1) is 11.6 Å². The Balaban J connectivity index is 2.26. The van der Waals surface area contributed by atoms with Crippen LogP contribution in [0.15, 0.2) is 42.5 Å². The Morgan fingerprint density at radius 2 is 1.52 bits per heavy atom. The Kier molecular flexibility index (Phi) is 5.02. The van der Waals surface area contributed by atoms with Crippen LogP contribution in [-0.4, -0.2) is 16.9 Å². The third-order valence-electron chi connectivity index (χ3n) is 2.99. The molecule has 1 unspecified atom stereocenters. The Morgan fingerprint density at radius 3 is 2.04 bits per heavy atom. The molecule has 2 aromatic rings. The molecule has 0 aliphatic heterocycles. The van der Waals surface area contributed by atoms with Crippen LogP contribution >= 0.6 is 0 Å². The smallest absolute Gasteiger partial charge is 0.257 e. The SMILES string of the molecule is CC(=O)Nc1cc(F)c(F)cc1NC(=O)C(O)c1ccccc1. The number of halogens is 2. The average molecular weight is 320 g/mol. The highest BCUT2D eigenvalue weighted by molar-refractivity contribution is 6.00. The number of aliphatic hydroxyl groups is 1. The first-order chi connectivity index (χ1) is 10.9. The van der Waals surface area contributed by atoms with Crippen LogP contribution in [0.5, 0.6) is 0 Å². The monoisotopic (exact) mass is 320 g/mol. The molecule has 5 nitrogen and oxygen atoms in total. The van der Waals surface area contributed by atoms with E-state index in [4.69, 9.17) is 0 Å². The molecular weight excluding hydrogens is 306 g/mol. The van der Waals surface area contributed by atoms with E-state index in [0.717, 1.165) is 12.1 Å². The zero-order chi connectivity index (χ0) is 17.0. The first-order valence-corrected chi connectivity index (χ1v) is 6.69. The lowest BCUT2D eigenvalue weighted by atomic mass is 10.1. The first-order valence-electron chi connectivity index (χ1n) is 6.69. The number of hydrogen-bond donors (Lipinski definition) is 3. The van der Waals surface area contributed by atoms with Gasteiger partial charge in [0.25, 0.3) is 5.91 Å². The van der Waals surface area contributed by atoms with E-state index in [1.165, 1.54) is 6.92 Å². The van der Waals surface area contributed by atoms with Crippen molar-refractivity contribution in [3.63, 3.8) is 0 Å². The lowest BCUT2D eigenvalue weighted by molar-refractivity contribution is -0.124. The van der Waals surface area contributed by atoms with Gasteiger partial charge < -0.3 is 15.7 Å². The van der Waals surface area contributed by atoms with Gasteiger partial charge in [-0.2, -0.15) is 0 Å². The van der Waals surface area contributed by atoms with Crippen molar-refractivity contribution in [3.05, 3.63) is 59.7 Å². The van der Waals surface area contributed by atoms with Crippen LogP contribution in [0.25, 0.3) is 0 Å². The molecule has 120 valence electrons. The highest BCUT2D eigenvalue weighted by Crippen LogP contribution is 2.26. The van der Waals surface area contributed by atoms with E-state index in [0.29, 0.717) is 5.56 Å². The van der Waals surface area contributed by atoms with Crippen LogP contribution in [0.3, 0.4) is 0 Å². The van der Waals surface area contributed by atoms with Crippen molar-refractivity contribution in [2.75, 3.05) is 10.6 Å². The summed E-state index contributed by atoms with van der Waals surface area (Å²) in [6.45, 7) is 1.19. The summed E-state index contributed by atoms with van der Waals surface area (Å²) in [6, 6.07) is 9.59. The van der Waals surface area contributed by atoms with Gasteiger partial charge in [0.05, 0.1) is 11.4 Å². The summed E-state index contributed by atoms with van der Waals surface area (Å²) < 4.78 is 26.7. The summed E-state index contributed by atoms with van der Waals surface area (Å²) >= 11 is 0. The summed E-state index contributed by atoms with van der Waals surface area (Å²) in [6.07, 6.45) is -1.49. The van der Waals surface area contributed by atoms with Gasteiger partial charge in [0.15, 0.2) is 17.7 Å². The van der Waals surface area contributed by atoms with E-state index in [1.807, 2.05) is 0 Å². The molecule has 0 bridgehead atoms. The molecule has 2 rings (SSSR count). The summed E-state index contributed by atoms with van der Waals surface area (Å²) in [7, 11) is 0. The fraction of sp³-hybridized carbons (Fsp3) is 0.125. The molecule has 0 aliphatic carbocycles. The largest absolute Gasteiger partial charge is 0.378 e. The third kappa shape index (κ3) is 4.10. The fourth-order valence-corrected chi connectivity index (χ4v) is 1.93. The molecule has 2 amide bonds. The van der Waals surface area contributed by atoms with Crippen LogP contribution < -0.4 is 10.6 Å². The maximum Gasteiger partial charge on any atom is 0.257 e. The zero-order valence-corrected chi connectivity index (χ0v) is 12.1. The Hall–Kier alpha value is -2.80. The number of rotatable bonds is 4. The van der Waals surface area contributed by atoms with Crippen molar-refractivity contribution >= 4 is 23.2 Å². The molecule has 1 atom stereocenters. The molecule has 23 heavy (non-hydrogen) atoms. The second-order valence-corrected chi connectivity index (χ2v) is 4.80. The van der Waals surface area contributed by atoms with E-state index >= 15 is 0 Å². The predicted octanol–water partition coefficient (Wildman–Crippen LogP) is 2.60. The molecular formula is C16H14F2N2O3. The molecule has 0 saturated heterocycles. The van der Waals surface area contributed by atoms with E-state index in [2.05, 4.69) is 10.6 Å². The highest BCUT2D eigenvalue weighted by Gasteiger charge is 2.20. The number of anilines is 2. The quantitative estimate of drug-likeness (QED) is 0.810. The number of hydrogen-bond acceptors (Lipinski definition) is 3. The lowest BCUT2D eigenvalue weighted by Crippen LogP contribution is -2.22. The fourth-order valence-electron chi connectivity index (χ4n) is 1.93. The number of carbonyl (C=O) groups is 2. The van der Waals surface area contributed by atoms with Crippen LogP contribution in [0.1, 0.15) is 18.6 Å². The molecule has 7 heteroatoms. The Morgan fingerprint density at radius 1 is 1.00 bits per heavy atom. The van der Waals surface area contributed by atoms with Gasteiger partial charge in [-0.15, -0.1) is 0 Å². The van der Waals surface area contributed by atoms with Gasteiger partial charge in [0.1, 0.15) is 0 Å². The average Bonchev–Trinajstić information content (AvgIpc) is 2.51. The predicted molar refractivity (Wildman–Crippen MR) is 80.7 cm³/mol. The molecule has 0 radical (unpaired) electrons. The van der Waals surface area contributed by atoms with Crippen molar-refractivity contribution < 1.29 is 23.5 Å². The summed E-state index contributed by atoms with van der Waals surface area (Å²) in [5.74, 6) is -3.72. The number of aliphatic hydroxyl groups excluding tert-OH is 1. The molecule has 0 spiro atoms. The minimum absolute atomic E-state index is 0.106. The maximum atomic E-state index is 13.4. The van der Waals surface area contributed by atoms with Gasteiger partial charge in [0.2, 0.25) is 5.91 Å². The third-order valence-corrected chi connectivity index (χ3v) is 2.99. The number of nitrogens with one attached hydrogen (secondary N) is 2. The molecule has 0 aromatic heterocycles. The van der Waals surface area contributed by atoms with Gasteiger partial charge in [-0.3, -0.25) is 9.59 Å². The lowest BCUT2D eigenvalue weighted by Gasteiger charge is -2.15. The normalized spacial score (nSPS) is 11.7. The van der Waals surface area contributed by atoms with Crippen molar-refractivity contribution in [1.29, 1.82) is 0 Å². The number of amides is 2. The van der Waals surface area contributed by atoms with E-state index in [-0.39, 0.29) is 11.4 Å². The molecule has 0 saturated carbocycles. The molecule has 2 aromatic carbocycles. The standard InChI is InChI=1S/C16H14F2N2O3/c1-9(21)19-13-7-11(17)12(18)8-14(13)20-16(23)15(22)10-5-3-2-4-6-10/h2-8,15,22H,1H3,(H,19,21)(H,20,23). The van der Waals surface area contributed by atoms with Gasteiger partial charge in [-0.1, -0.05) is 30.3 Å². The van der Waals surface area contributed by atoms with E-state index < -0.39 is 29.6 Å².